The fourth-order valence-electron chi connectivity index (χ4n) is 2.16. The molecule has 0 spiro atoms. The number of methoxy groups -OCH3 is 2. The van der Waals surface area contributed by atoms with E-state index >= 15 is 0 Å². The summed E-state index contributed by atoms with van der Waals surface area (Å²) in [6.07, 6.45) is 0.612. The first-order chi connectivity index (χ1) is 9.74. The Bertz CT molecular complexity index is 546. The van der Waals surface area contributed by atoms with Crippen LogP contribution in [0.1, 0.15) is 17.0 Å². The summed E-state index contributed by atoms with van der Waals surface area (Å²) in [5, 5.41) is 0. The number of ether oxygens (including phenoxy) is 2. The number of hydrogen-bond donors (Lipinski definition) is 0. The van der Waals surface area contributed by atoms with Crippen molar-refractivity contribution in [1.29, 1.82) is 0 Å². The molecule has 0 radical (unpaired) electrons. The van der Waals surface area contributed by atoms with Gasteiger partial charge in [-0.3, -0.25) is 4.79 Å². The molecular weight excluding hydrogens is 252 g/mol. The summed E-state index contributed by atoms with van der Waals surface area (Å²) in [5.74, 6) is 0.310. The van der Waals surface area contributed by atoms with Crippen molar-refractivity contribution in [2.45, 2.75) is 12.3 Å². The van der Waals surface area contributed by atoms with Gasteiger partial charge in [0.15, 0.2) is 0 Å². The van der Waals surface area contributed by atoms with Gasteiger partial charge in [-0.25, -0.2) is 0 Å². The van der Waals surface area contributed by atoms with Gasteiger partial charge in [0.05, 0.1) is 20.1 Å². The maximum absolute atomic E-state index is 12.0. The van der Waals surface area contributed by atoms with Crippen LogP contribution < -0.4 is 4.74 Å². The second kappa shape index (κ2) is 6.75. The molecule has 0 bridgehead atoms. The SMILES string of the molecule is COC(=O)C(Cc1ccc(OC)cc1)c1ccccc1. The van der Waals surface area contributed by atoms with Crippen molar-refractivity contribution in [3.05, 3.63) is 65.7 Å². The molecule has 0 aliphatic heterocycles. The molecule has 0 aromatic heterocycles. The normalized spacial score (nSPS) is 11.7. The first-order valence-electron chi connectivity index (χ1n) is 6.50. The van der Waals surface area contributed by atoms with E-state index in [1.54, 1.807) is 7.11 Å². The fraction of sp³-hybridized carbons (Fsp3) is 0.235. The quantitative estimate of drug-likeness (QED) is 0.783. The Morgan fingerprint density at radius 2 is 1.65 bits per heavy atom. The van der Waals surface area contributed by atoms with Gasteiger partial charge in [-0.15, -0.1) is 0 Å². The monoisotopic (exact) mass is 270 g/mol. The molecule has 3 heteroatoms. The Hall–Kier alpha value is -2.29. The summed E-state index contributed by atoms with van der Waals surface area (Å²) < 4.78 is 10.1. The highest BCUT2D eigenvalue weighted by Crippen LogP contribution is 2.23. The number of rotatable bonds is 5. The molecule has 1 atom stereocenters. The van der Waals surface area contributed by atoms with E-state index in [0.717, 1.165) is 16.9 Å². The van der Waals surface area contributed by atoms with Crippen LogP contribution in [-0.4, -0.2) is 20.2 Å². The Labute approximate surface area is 119 Å². The lowest BCUT2D eigenvalue weighted by Gasteiger charge is -2.15. The zero-order chi connectivity index (χ0) is 14.4. The molecule has 0 aliphatic carbocycles. The molecule has 0 amide bonds. The summed E-state index contributed by atoms with van der Waals surface area (Å²) in [6, 6.07) is 17.4. The minimum absolute atomic E-state index is 0.216. The molecule has 20 heavy (non-hydrogen) atoms. The van der Waals surface area contributed by atoms with Crippen LogP contribution in [0.5, 0.6) is 5.75 Å². The molecule has 104 valence electrons. The van der Waals surface area contributed by atoms with Crippen LogP contribution in [0.3, 0.4) is 0 Å². The van der Waals surface area contributed by atoms with Gasteiger partial charge in [0.2, 0.25) is 0 Å². The molecule has 0 saturated heterocycles. The van der Waals surface area contributed by atoms with Crippen molar-refractivity contribution < 1.29 is 14.3 Å². The largest absolute Gasteiger partial charge is 0.497 e. The van der Waals surface area contributed by atoms with Gasteiger partial charge in [0, 0.05) is 0 Å². The first-order valence-corrected chi connectivity index (χ1v) is 6.50. The minimum atomic E-state index is -0.283. The third-order valence-corrected chi connectivity index (χ3v) is 3.29. The van der Waals surface area contributed by atoms with Crippen molar-refractivity contribution in [3.8, 4) is 5.75 Å². The maximum atomic E-state index is 12.0. The molecule has 0 N–H and O–H groups in total. The minimum Gasteiger partial charge on any atom is -0.497 e. The lowest BCUT2D eigenvalue weighted by molar-refractivity contribution is -0.142. The lowest BCUT2D eigenvalue weighted by atomic mass is 9.92. The topological polar surface area (TPSA) is 35.5 Å². The van der Waals surface area contributed by atoms with Crippen LogP contribution in [0.4, 0.5) is 0 Å². The summed E-state index contributed by atoms with van der Waals surface area (Å²) in [6.45, 7) is 0. The van der Waals surface area contributed by atoms with Gasteiger partial charge in [-0.2, -0.15) is 0 Å². The number of carbonyl (C=O) groups excluding carboxylic acids is 1. The Kier molecular flexibility index (Phi) is 4.77. The molecule has 1 unspecified atom stereocenters. The summed E-state index contributed by atoms with van der Waals surface area (Å²) in [5.41, 5.74) is 2.04. The van der Waals surface area contributed by atoms with E-state index < -0.39 is 0 Å². The highest BCUT2D eigenvalue weighted by atomic mass is 16.5. The lowest BCUT2D eigenvalue weighted by Crippen LogP contribution is -2.16. The van der Waals surface area contributed by atoms with Gasteiger partial charge >= 0.3 is 5.97 Å². The fourth-order valence-corrected chi connectivity index (χ4v) is 2.16. The molecule has 2 rings (SSSR count). The van der Waals surface area contributed by atoms with Crippen molar-refractivity contribution >= 4 is 5.97 Å². The van der Waals surface area contributed by atoms with Gasteiger partial charge in [0.1, 0.15) is 5.75 Å². The zero-order valence-electron chi connectivity index (χ0n) is 11.7. The van der Waals surface area contributed by atoms with Gasteiger partial charge in [-0.05, 0) is 29.7 Å². The molecular formula is C17H18O3. The Morgan fingerprint density at radius 3 is 2.20 bits per heavy atom. The predicted octanol–water partition coefficient (Wildman–Crippen LogP) is 3.19. The molecule has 0 fully saturated rings. The molecule has 3 nitrogen and oxygen atoms in total. The van der Waals surface area contributed by atoms with E-state index in [1.807, 2.05) is 54.6 Å². The average molecular weight is 270 g/mol. The van der Waals surface area contributed by atoms with Crippen molar-refractivity contribution in [2.75, 3.05) is 14.2 Å². The predicted molar refractivity (Wildman–Crippen MR) is 77.9 cm³/mol. The highest BCUT2D eigenvalue weighted by Gasteiger charge is 2.21. The molecule has 0 heterocycles. The van der Waals surface area contributed by atoms with E-state index in [2.05, 4.69) is 0 Å². The smallest absolute Gasteiger partial charge is 0.313 e. The van der Waals surface area contributed by atoms with Crippen molar-refractivity contribution in [3.63, 3.8) is 0 Å². The molecule has 2 aromatic rings. The van der Waals surface area contributed by atoms with E-state index in [4.69, 9.17) is 9.47 Å². The summed E-state index contributed by atoms with van der Waals surface area (Å²) in [7, 11) is 3.06. The van der Waals surface area contributed by atoms with Gasteiger partial charge < -0.3 is 9.47 Å². The molecule has 0 saturated carbocycles. The maximum Gasteiger partial charge on any atom is 0.313 e. The van der Waals surface area contributed by atoms with E-state index in [9.17, 15) is 4.79 Å². The van der Waals surface area contributed by atoms with Crippen molar-refractivity contribution in [1.82, 2.24) is 0 Å². The second-order valence-electron chi connectivity index (χ2n) is 4.54. The second-order valence-corrected chi connectivity index (χ2v) is 4.54. The average Bonchev–Trinajstić information content (AvgIpc) is 2.53. The molecule has 0 aliphatic rings. The number of carbonyl (C=O) groups is 1. The summed E-state index contributed by atoms with van der Waals surface area (Å²) >= 11 is 0. The number of benzene rings is 2. The number of hydrogen-bond acceptors (Lipinski definition) is 3. The van der Waals surface area contributed by atoms with Gasteiger partial charge in [0.25, 0.3) is 0 Å². The van der Waals surface area contributed by atoms with Crippen LogP contribution in [-0.2, 0) is 16.0 Å². The van der Waals surface area contributed by atoms with E-state index in [1.165, 1.54) is 7.11 Å². The van der Waals surface area contributed by atoms with Crippen LogP contribution in [0.25, 0.3) is 0 Å². The van der Waals surface area contributed by atoms with Gasteiger partial charge in [-0.1, -0.05) is 42.5 Å². The van der Waals surface area contributed by atoms with Crippen LogP contribution >= 0.6 is 0 Å². The zero-order valence-corrected chi connectivity index (χ0v) is 11.7. The highest BCUT2D eigenvalue weighted by molar-refractivity contribution is 5.78. The molecule has 2 aromatic carbocycles. The van der Waals surface area contributed by atoms with Crippen LogP contribution in [0.15, 0.2) is 54.6 Å². The summed E-state index contributed by atoms with van der Waals surface area (Å²) in [4.78, 5) is 12.0. The Morgan fingerprint density at radius 1 is 1.00 bits per heavy atom. The Balaban J connectivity index is 2.21. The number of esters is 1. The van der Waals surface area contributed by atoms with E-state index in [-0.39, 0.29) is 11.9 Å². The van der Waals surface area contributed by atoms with Crippen LogP contribution in [0.2, 0.25) is 0 Å². The first kappa shape index (κ1) is 14.1. The third-order valence-electron chi connectivity index (χ3n) is 3.29. The third kappa shape index (κ3) is 3.38. The van der Waals surface area contributed by atoms with Crippen molar-refractivity contribution in [2.24, 2.45) is 0 Å². The van der Waals surface area contributed by atoms with Crippen LogP contribution in [0, 0.1) is 0 Å². The standard InChI is InChI=1S/C17H18O3/c1-19-15-10-8-13(9-11-15)12-16(17(18)20-2)14-6-4-3-5-7-14/h3-11,16H,12H2,1-2H3. The van der Waals surface area contributed by atoms with E-state index in [0.29, 0.717) is 6.42 Å².